The fraction of sp³-hybridized carbons (Fsp3) is 0.278. The number of aryl methyl sites for hydroxylation is 1. The van der Waals surface area contributed by atoms with Gasteiger partial charge in [-0.15, -0.1) is 0 Å². The van der Waals surface area contributed by atoms with Crippen LogP contribution in [0.25, 0.3) is 0 Å². The maximum atomic E-state index is 12.0. The van der Waals surface area contributed by atoms with Gasteiger partial charge in [-0.3, -0.25) is 4.79 Å². The molecule has 1 fully saturated rings. The predicted molar refractivity (Wildman–Crippen MR) is 91.9 cm³/mol. The predicted octanol–water partition coefficient (Wildman–Crippen LogP) is 4.54. The Kier molecular flexibility index (Phi) is 4.48. The zero-order valence-electron chi connectivity index (χ0n) is 12.5. The third-order valence-corrected chi connectivity index (χ3v) is 4.74. The van der Waals surface area contributed by atoms with Crippen molar-refractivity contribution in [2.75, 3.05) is 16.8 Å². The molecule has 3 nitrogen and oxygen atoms in total. The zero-order valence-corrected chi connectivity index (χ0v) is 14.0. The Morgan fingerprint density at radius 3 is 2.23 bits per heavy atom. The molecule has 0 spiro atoms. The van der Waals surface area contributed by atoms with Gasteiger partial charge >= 0.3 is 0 Å². The highest BCUT2D eigenvalue weighted by Crippen LogP contribution is 2.29. The highest BCUT2D eigenvalue weighted by Gasteiger charge is 2.29. The largest absolute Gasteiger partial charge is 0.457 e. The first kappa shape index (κ1) is 15.1. The lowest BCUT2D eigenvalue weighted by molar-refractivity contribution is -0.117. The standard InChI is InChI=1S/C18H18BrNO2/c1-13-2-6-16(7-3-13)22-17-8-4-15(5-9-17)20-12-14(11-19)10-18(20)21/h2-9,14H,10-12H2,1H3. The van der Waals surface area contributed by atoms with Gasteiger partial charge < -0.3 is 9.64 Å². The van der Waals surface area contributed by atoms with Crippen molar-refractivity contribution in [2.45, 2.75) is 13.3 Å². The van der Waals surface area contributed by atoms with E-state index in [4.69, 9.17) is 4.74 Å². The van der Waals surface area contributed by atoms with E-state index in [1.54, 1.807) is 0 Å². The molecule has 1 atom stereocenters. The van der Waals surface area contributed by atoms with Crippen LogP contribution in [0.3, 0.4) is 0 Å². The van der Waals surface area contributed by atoms with Crippen LogP contribution >= 0.6 is 15.9 Å². The summed E-state index contributed by atoms with van der Waals surface area (Å²) in [6.07, 6.45) is 0.618. The van der Waals surface area contributed by atoms with Gasteiger partial charge in [-0.25, -0.2) is 0 Å². The van der Waals surface area contributed by atoms with E-state index in [0.29, 0.717) is 12.3 Å². The molecule has 22 heavy (non-hydrogen) atoms. The highest BCUT2D eigenvalue weighted by atomic mass is 79.9. The van der Waals surface area contributed by atoms with Gasteiger partial charge in [-0.05, 0) is 49.2 Å². The summed E-state index contributed by atoms with van der Waals surface area (Å²) in [4.78, 5) is 13.9. The molecule has 1 amide bonds. The number of ether oxygens (including phenoxy) is 1. The van der Waals surface area contributed by atoms with E-state index < -0.39 is 0 Å². The van der Waals surface area contributed by atoms with Crippen molar-refractivity contribution < 1.29 is 9.53 Å². The average molecular weight is 360 g/mol. The number of hydrogen-bond acceptors (Lipinski definition) is 2. The molecule has 0 aliphatic carbocycles. The molecular weight excluding hydrogens is 342 g/mol. The number of rotatable bonds is 4. The fourth-order valence-corrected chi connectivity index (χ4v) is 3.00. The molecule has 114 valence electrons. The smallest absolute Gasteiger partial charge is 0.227 e. The lowest BCUT2D eigenvalue weighted by Gasteiger charge is -2.17. The van der Waals surface area contributed by atoms with E-state index >= 15 is 0 Å². The lowest BCUT2D eigenvalue weighted by Crippen LogP contribution is -2.24. The summed E-state index contributed by atoms with van der Waals surface area (Å²) in [5.41, 5.74) is 2.14. The van der Waals surface area contributed by atoms with Crippen molar-refractivity contribution in [1.82, 2.24) is 0 Å². The van der Waals surface area contributed by atoms with Crippen LogP contribution in [0.15, 0.2) is 48.5 Å². The third-order valence-electron chi connectivity index (χ3n) is 3.83. The minimum absolute atomic E-state index is 0.191. The number of anilines is 1. The Morgan fingerprint density at radius 2 is 1.68 bits per heavy atom. The Hall–Kier alpha value is -1.81. The van der Waals surface area contributed by atoms with Gasteiger partial charge in [0.1, 0.15) is 11.5 Å². The minimum Gasteiger partial charge on any atom is -0.457 e. The SMILES string of the molecule is Cc1ccc(Oc2ccc(N3CC(CBr)CC3=O)cc2)cc1. The first-order valence-electron chi connectivity index (χ1n) is 7.36. The number of amides is 1. The fourth-order valence-electron chi connectivity index (χ4n) is 2.57. The molecule has 2 aromatic carbocycles. The minimum atomic E-state index is 0.191. The maximum Gasteiger partial charge on any atom is 0.227 e. The molecule has 2 aromatic rings. The second kappa shape index (κ2) is 6.53. The van der Waals surface area contributed by atoms with E-state index in [1.807, 2.05) is 60.4 Å². The van der Waals surface area contributed by atoms with E-state index in [2.05, 4.69) is 15.9 Å². The van der Waals surface area contributed by atoms with Crippen molar-refractivity contribution in [2.24, 2.45) is 5.92 Å². The molecule has 0 saturated carbocycles. The summed E-state index contributed by atoms with van der Waals surface area (Å²) in [6, 6.07) is 15.6. The van der Waals surface area contributed by atoms with E-state index in [0.717, 1.165) is 29.1 Å². The molecule has 1 aliphatic heterocycles. The van der Waals surface area contributed by atoms with Gasteiger partial charge in [-0.1, -0.05) is 33.6 Å². The number of alkyl halides is 1. The van der Waals surface area contributed by atoms with Gasteiger partial charge in [0.15, 0.2) is 0 Å². The second-order valence-corrected chi connectivity index (χ2v) is 6.29. The third kappa shape index (κ3) is 3.33. The normalized spacial score (nSPS) is 17.8. The summed E-state index contributed by atoms with van der Waals surface area (Å²) in [6.45, 7) is 2.83. The van der Waals surface area contributed by atoms with Crippen LogP contribution in [0.5, 0.6) is 11.5 Å². The Morgan fingerprint density at radius 1 is 1.09 bits per heavy atom. The highest BCUT2D eigenvalue weighted by molar-refractivity contribution is 9.09. The molecule has 0 radical (unpaired) electrons. The van der Waals surface area contributed by atoms with Gasteiger partial charge in [0.05, 0.1) is 0 Å². The van der Waals surface area contributed by atoms with E-state index in [1.165, 1.54) is 5.56 Å². The van der Waals surface area contributed by atoms with Crippen molar-refractivity contribution in [3.63, 3.8) is 0 Å². The summed E-state index contributed by atoms with van der Waals surface area (Å²) in [5, 5.41) is 0.865. The van der Waals surface area contributed by atoms with Crippen molar-refractivity contribution >= 4 is 27.5 Å². The van der Waals surface area contributed by atoms with Crippen molar-refractivity contribution in [3.05, 3.63) is 54.1 Å². The van der Waals surface area contributed by atoms with Gasteiger partial charge in [0.2, 0.25) is 5.91 Å². The molecule has 4 heteroatoms. The summed E-state index contributed by atoms with van der Waals surface area (Å²) in [7, 11) is 0. The van der Waals surface area contributed by atoms with E-state index in [-0.39, 0.29) is 5.91 Å². The molecule has 0 aromatic heterocycles. The zero-order chi connectivity index (χ0) is 15.5. The first-order valence-corrected chi connectivity index (χ1v) is 8.49. The number of halogens is 1. The van der Waals surface area contributed by atoms with Gasteiger partial charge in [-0.2, -0.15) is 0 Å². The average Bonchev–Trinajstić information content (AvgIpc) is 2.91. The molecule has 0 N–H and O–H groups in total. The van der Waals surface area contributed by atoms with Crippen LogP contribution in [0.2, 0.25) is 0 Å². The quantitative estimate of drug-likeness (QED) is 0.750. The van der Waals surface area contributed by atoms with Crippen LogP contribution < -0.4 is 9.64 Å². The molecule has 3 rings (SSSR count). The van der Waals surface area contributed by atoms with Crippen molar-refractivity contribution in [3.8, 4) is 11.5 Å². The molecule has 1 saturated heterocycles. The molecule has 1 heterocycles. The molecular formula is C18H18BrNO2. The van der Waals surface area contributed by atoms with Crippen molar-refractivity contribution in [1.29, 1.82) is 0 Å². The lowest BCUT2D eigenvalue weighted by atomic mass is 10.2. The van der Waals surface area contributed by atoms with Crippen LogP contribution in [0, 0.1) is 12.8 Å². The van der Waals surface area contributed by atoms with Gasteiger partial charge in [0.25, 0.3) is 0 Å². The molecule has 1 unspecified atom stereocenters. The number of carbonyl (C=O) groups is 1. The number of hydrogen-bond donors (Lipinski definition) is 0. The number of nitrogens with zero attached hydrogens (tertiary/aromatic N) is 1. The Labute approximate surface area is 139 Å². The maximum absolute atomic E-state index is 12.0. The van der Waals surface area contributed by atoms with Crippen LogP contribution in [-0.2, 0) is 4.79 Å². The number of carbonyl (C=O) groups excluding carboxylic acids is 1. The van der Waals surface area contributed by atoms with Crippen LogP contribution in [-0.4, -0.2) is 17.8 Å². The topological polar surface area (TPSA) is 29.5 Å². The first-order chi connectivity index (χ1) is 10.7. The van der Waals surface area contributed by atoms with Gasteiger partial charge in [0, 0.05) is 24.0 Å². The Balaban J connectivity index is 1.70. The van der Waals surface area contributed by atoms with Crippen LogP contribution in [0.1, 0.15) is 12.0 Å². The summed E-state index contributed by atoms with van der Waals surface area (Å²) < 4.78 is 5.81. The second-order valence-electron chi connectivity index (χ2n) is 5.64. The molecule has 1 aliphatic rings. The van der Waals surface area contributed by atoms with Crippen LogP contribution in [0.4, 0.5) is 5.69 Å². The van der Waals surface area contributed by atoms with E-state index in [9.17, 15) is 4.79 Å². The summed E-state index contributed by atoms with van der Waals surface area (Å²) >= 11 is 3.46. The monoisotopic (exact) mass is 359 g/mol. The molecule has 0 bridgehead atoms. The summed E-state index contributed by atoms with van der Waals surface area (Å²) in [5.74, 6) is 2.18. The number of benzene rings is 2. The Bertz CT molecular complexity index is 652.